The SMILES string of the molecule is OC[C@H]1CN(c2ccc(Nc3nc(-c4cnc5c(c4)CCCO5)cn4ccnc34)cc2)CCO1. The Bertz CT molecular complexity index is 1310. The van der Waals surface area contributed by atoms with Crippen molar-refractivity contribution in [1.29, 1.82) is 0 Å². The molecule has 0 unspecified atom stereocenters. The van der Waals surface area contributed by atoms with E-state index in [1.165, 1.54) is 0 Å². The van der Waals surface area contributed by atoms with E-state index in [2.05, 4.69) is 38.4 Å². The molecule has 0 aliphatic carbocycles. The van der Waals surface area contributed by atoms with E-state index in [-0.39, 0.29) is 12.7 Å². The molecule has 1 atom stereocenters. The molecule has 0 amide bonds. The third-order valence-corrected chi connectivity index (χ3v) is 6.26. The summed E-state index contributed by atoms with van der Waals surface area (Å²) in [5, 5.41) is 12.8. The van der Waals surface area contributed by atoms with Crippen molar-refractivity contribution in [2.75, 3.05) is 43.1 Å². The van der Waals surface area contributed by atoms with Gasteiger partial charge in [0.05, 0.1) is 31.6 Å². The first-order valence-corrected chi connectivity index (χ1v) is 11.6. The largest absolute Gasteiger partial charge is 0.477 e. The van der Waals surface area contributed by atoms with Crippen molar-refractivity contribution in [2.45, 2.75) is 18.9 Å². The molecule has 4 aromatic rings. The lowest BCUT2D eigenvalue weighted by Gasteiger charge is -2.33. The average molecular weight is 459 g/mol. The van der Waals surface area contributed by atoms with Crippen molar-refractivity contribution in [3.8, 4) is 17.1 Å². The number of aliphatic hydroxyl groups is 1. The Kier molecular flexibility index (Phi) is 5.48. The number of morpholine rings is 1. The summed E-state index contributed by atoms with van der Waals surface area (Å²) in [6.45, 7) is 2.86. The van der Waals surface area contributed by atoms with Gasteiger partial charge >= 0.3 is 0 Å². The van der Waals surface area contributed by atoms with Gasteiger partial charge in [0.25, 0.3) is 0 Å². The summed E-state index contributed by atoms with van der Waals surface area (Å²) in [6, 6.07) is 10.3. The van der Waals surface area contributed by atoms with Crippen molar-refractivity contribution in [1.82, 2.24) is 19.4 Å². The molecule has 2 aliphatic heterocycles. The van der Waals surface area contributed by atoms with Gasteiger partial charge in [0.2, 0.25) is 5.88 Å². The van der Waals surface area contributed by atoms with Crippen LogP contribution in [-0.2, 0) is 11.2 Å². The first-order chi connectivity index (χ1) is 16.8. The summed E-state index contributed by atoms with van der Waals surface area (Å²) in [5.41, 5.74) is 5.65. The Morgan fingerprint density at radius 2 is 2.06 bits per heavy atom. The number of benzene rings is 1. The second-order valence-electron chi connectivity index (χ2n) is 8.57. The zero-order valence-corrected chi connectivity index (χ0v) is 18.7. The van der Waals surface area contributed by atoms with Crippen molar-refractivity contribution in [3.05, 3.63) is 60.7 Å². The number of aromatic nitrogens is 4. The molecule has 0 spiro atoms. The Balaban J connectivity index is 1.28. The van der Waals surface area contributed by atoms with Crippen LogP contribution in [0.15, 0.2) is 55.1 Å². The molecule has 9 nitrogen and oxygen atoms in total. The van der Waals surface area contributed by atoms with Crippen LogP contribution in [0.2, 0.25) is 0 Å². The molecule has 6 rings (SSSR count). The van der Waals surface area contributed by atoms with Crippen molar-refractivity contribution >= 4 is 22.8 Å². The van der Waals surface area contributed by atoms with Crippen LogP contribution in [0, 0.1) is 0 Å². The molecule has 1 aromatic carbocycles. The van der Waals surface area contributed by atoms with E-state index in [1.807, 2.05) is 35.1 Å². The molecule has 34 heavy (non-hydrogen) atoms. The van der Waals surface area contributed by atoms with Crippen LogP contribution in [0.4, 0.5) is 17.2 Å². The Morgan fingerprint density at radius 3 is 2.94 bits per heavy atom. The summed E-state index contributed by atoms with van der Waals surface area (Å²) < 4.78 is 13.2. The van der Waals surface area contributed by atoms with Gasteiger partial charge in [-0.1, -0.05) is 0 Å². The molecule has 0 saturated carbocycles. The standard InChI is InChI=1S/C25H26N6O3/c32-16-21-14-30(9-11-33-21)20-5-3-19(4-6-20)28-23-24-26-7-8-31(24)15-22(29-23)18-12-17-2-1-10-34-25(17)27-13-18/h3-8,12-13,15,21,32H,1-2,9-11,14,16H2,(H,28,29)/t21-/m1/s1. The first-order valence-electron chi connectivity index (χ1n) is 11.6. The fourth-order valence-corrected chi connectivity index (χ4v) is 4.49. The third kappa shape index (κ3) is 4.04. The molecular formula is C25H26N6O3. The smallest absolute Gasteiger partial charge is 0.216 e. The van der Waals surface area contributed by atoms with Crippen LogP contribution in [0.25, 0.3) is 16.9 Å². The van der Waals surface area contributed by atoms with Crippen LogP contribution >= 0.6 is 0 Å². The predicted octanol–water partition coefficient (Wildman–Crippen LogP) is 3.06. The van der Waals surface area contributed by atoms with Gasteiger partial charge in [-0.25, -0.2) is 15.0 Å². The number of fused-ring (bicyclic) bond motifs is 2. The average Bonchev–Trinajstić information content (AvgIpc) is 3.38. The van der Waals surface area contributed by atoms with E-state index in [0.29, 0.717) is 19.0 Å². The van der Waals surface area contributed by atoms with Gasteiger partial charge in [0.15, 0.2) is 11.5 Å². The van der Waals surface area contributed by atoms with Gasteiger partial charge in [-0.15, -0.1) is 0 Å². The summed E-state index contributed by atoms with van der Waals surface area (Å²) in [4.78, 5) is 16.1. The normalized spacial score (nSPS) is 17.9. The monoisotopic (exact) mass is 458 g/mol. The third-order valence-electron chi connectivity index (χ3n) is 6.26. The van der Waals surface area contributed by atoms with E-state index in [4.69, 9.17) is 14.5 Å². The molecule has 174 valence electrons. The Morgan fingerprint density at radius 1 is 1.15 bits per heavy atom. The van der Waals surface area contributed by atoms with Gasteiger partial charge in [0.1, 0.15) is 0 Å². The van der Waals surface area contributed by atoms with Crippen LogP contribution in [0.3, 0.4) is 0 Å². The highest BCUT2D eigenvalue weighted by Gasteiger charge is 2.20. The zero-order chi connectivity index (χ0) is 22.9. The summed E-state index contributed by atoms with van der Waals surface area (Å²) >= 11 is 0. The highest BCUT2D eigenvalue weighted by Crippen LogP contribution is 2.29. The molecule has 2 N–H and O–H groups in total. The first kappa shape index (κ1) is 20.9. The minimum atomic E-state index is -0.142. The quantitative estimate of drug-likeness (QED) is 0.471. The van der Waals surface area contributed by atoms with Crippen molar-refractivity contribution in [2.24, 2.45) is 0 Å². The maximum atomic E-state index is 9.41. The molecule has 9 heteroatoms. The van der Waals surface area contributed by atoms with Crippen molar-refractivity contribution < 1.29 is 14.6 Å². The van der Waals surface area contributed by atoms with E-state index < -0.39 is 0 Å². The van der Waals surface area contributed by atoms with E-state index in [0.717, 1.165) is 65.7 Å². The lowest BCUT2D eigenvalue weighted by atomic mass is 10.1. The molecule has 3 aromatic heterocycles. The molecule has 1 saturated heterocycles. The van der Waals surface area contributed by atoms with Crippen LogP contribution < -0.4 is 15.0 Å². The minimum Gasteiger partial charge on any atom is -0.477 e. The van der Waals surface area contributed by atoms with Gasteiger partial charge in [-0.3, -0.25) is 0 Å². The molecule has 5 heterocycles. The molecule has 2 aliphatic rings. The number of pyridine rings is 1. The fourth-order valence-electron chi connectivity index (χ4n) is 4.49. The number of hydrogen-bond acceptors (Lipinski definition) is 8. The number of hydrogen-bond donors (Lipinski definition) is 2. The predicted molar refractivity (Wildman–Crippen MR) is 129 cm³/mol. The lowest BCUT2D eigenvalue weighted by Crippen LogP contribution is -2.44. The highest BCUT2D eigenvalue weighted by atomic mass is 16.5. The number of nitrogens with zero attached hydrogens (tertiary/aromatic N) is 5. The van der Waals surface area contributed by atoms with Crippen molar-refractivity contribution in [3.63, 3.8) is 0 Å². The Hall–Kier alpha value is -3.69. The second kappa shape index (κ2) is 8.92. The lowest BCUT2D eigenvalue weighted by molar-refractivity contribution is 0.00357. The summed E-state index contributed by atoms with van der Waals surface area (Å²) in [5.74, 6) is 1.40. The molecule has 1 fully saturated rings. The molecular weight excluding hydrogens is 432 g/mol. The maximum Gasteiger partial charge on any atom is 0.216 e. The molecule has 0 bridgehead atoms. The van der Waals surface area contributed by atoms with Gasteiger partial charge in [0, 0.05) is 60.4 Å². The van der Waals surface area contributed by atoms with Crippen LogP contribution in [0.5, 0.6) is 5.88 Å². The number of imidazole rings is 1. The highest BCUT2D eigenvalue weighted by molar-refractivity contribution is 5.74. The van der Waals surface area contributed by atoms with E-state index in [9.17, 15) is 5.11 Å². The minimum absolute atomic E-state index is 0.0330. The number of nitrogens with one attached hydrogen (secondary N) is 1. The maximum absolute atomic E-state index is 9.41. The molecule has 0 radical (unpaired) electrons. The van der Waals surface area contributed by atoms with E-state index in [1.54, 1.807) is 6.20 Å². The Labute approximate surface area is 197 Å². The zero-order valence-electron chi connectivity index (χ0n) is 18.7. The topological polar surface area (TPSA) is 97.0 Å². The van der Waals surface area contributed by atoms with E-state index >= 15 is 0 Å². The summed E-state index contributed by atoms with van der Waals surface area (Å²) in [6.07, 6.45) is 9.29. The number of aliphatic hydroxyl groups excluding tert-OH is 1. The van der Waals surface area contributed by atoms with Crippen LogP contribution in [0.1, 0.15) is 12.0 Å². The second-order valence-corrected chi connectivity index (χ2v) is 8.57. The number of ether oxygens (including phenoxy) is 2. The number of aryl methyl sites for hydroxylation is 1. The van der Waals surface area contributed by atoms with Crippen LogP contribution in [-0.4, -0.2) is 63.5 Å². The number of rotatable bonds is 5. The fraction of sp³-hybridized carbons (Fsp3) is 0.320. The summed E-state index contributed by atoms with van der Waals surface area (Å²) in [7, 11) is 0. The van der Waals surface area contributed by atoms with Gasteiger partial charge in [-0.05, 0) is 43.2 Å². The number of anilines is 3. The van der Waals surface area contributed by atoms with Gasteiger partial charge in [-0.2, -0.15) is 0 Å². The van der Waals surface area contributed by atoms with Gasteiger partial charge < -0.3 is 29.2 Å².